The van der Waals surface area contributed by atoms with Crippen molar-refractivity contribution in [1.82, 2.24) is 14.5 Å². The molecule has 8 heteroatoms. The number of hydrogen-bond acceptors (Lipinski definition) is 4. The Kier molecular flexibility index (Phi) is 6.02. The van der Waals surface area contributed by atoms with E-state index in [0.717, 1.165) is 38.7 Å². The zero-order valence-electron chi connectivity index (χ0n) is 13.2. The Bertz CT molecular complexity index is 642. The summed E-state index contributed by atoms with van der Waals surface area (Å²) in [6.45, 7) is 6.12. The number of piperazine rings is 1. The second kappa shape index (κ2) is 7.44. The van der Waals surface area contributed by atoms with Crippen LogP contribution in [-0.2, 0) is 10.0 Å². The molecule has 1 aromatic carbocycles. The second-order valence-electron chi connectivity index (χ2n) is 6.00. The van der Waals surface area contributed by atoms with Crippen LogP contribution in [0.5, 0.6) is 0 Å². The highest BCUT2D eigenvalue weighted by atomic mass is 35.5. The Balaban J connectivity index is 0.00000192. The van der Waals surface area contributed by atoms with Crippen molar-refractivity contribution in [3.63, 3.8) is 0 Å². The van der Waals surface area contributed by atoms with Gasteiger partial charge in [-0.25, -0.2) is 12.8 Å². The summed E-state index contributed by atoms with van der Waals surface area (Å²) in [5.41, 5.74) is 0.587. The summed E-state index contributed by atoms with van der Waals surface area (Å²) < 4.78 is 40.3. The fourth-order valence-corrected chi connectivity index (χ4v) is 4.91. The van der Waals surface area contributed by atoms with Gasteiger partial charge in [0.25, 0.3) is 0 Å². The minimum atomic E-state index is -3.61. The zero-order chi connectivity index (χ0) is 15.7. The first-order valence-corrected chi connectivity index (χ1v) is 9.13. The largest absolute Gasteiger partial charge is 0.315 e. The lowest BCUT2D eigenvalue weighted by atomic mass is 10.2. The van der Waals surface area contributed by atoms with Crippen molar-refractivity contribution >= 4 is 22.4 Å². The average molecular weight is 364 g/mol. The highest BCUT2D eigenvalue weighted by Gasteiger charge is 2.32. The first-order valence-electron chi connectivity index (χ1n) is 7.69. The molecule has 23 heavy (non-hydrogen) atoms. The van der Waals surface area contributed by atoms with Crippen molar-refractivity contribution in [2.24, 2.45) is 0 Å². The maximum absolute atomic E-state index is 13.4. The van der Waals surface area contributed by atoms with Gasteiger partial charge in [-0.2, -0.15) is 4.31 Å². The minimum Gasteiger partial charge on any atom is -0.315 e. The predicted molar refractivity (Wildman–Crippen MR) is 90.0 cm³/mol. The van der Waals surface area contributed by atoms with Gasteiger partial charge in [0, 0.05) is 38.8 Å². The monoisotopic (exact) mass is 363 g/mol. The molecule has 5 nitrogen and oxygen atoms in total. The Morgan fingerprint density at radius 1 is 1.22 bits per heavy atom. The number of benzene rings is 1. The van der Waals surface area contributed by atoms with Crippen LogP contribution in [-0.4, -0.2) is 62.9 Å². The van der Waals surface area contributed by atoms with Crippen LogP contribution in [0.1, 0.15) is 12.0 Å². The van der Waals surface area contributed by atoms with E-state index in [4.69, 9.17) is 0 Å². The normalized spacial score (nSPS) is 23.7. The van der Waals surface area contributed by atoms with Gasteiger partial charge in [0.2, 0.25) is 10.0 Å². The molecule has 2 heterocycles. The highest BCUT2D eigenvalue weighted by Crippen LogP contribution is 2.23. The van der Waals surface area contributed by atoms with Crippen molar-refractivity contribution in [3.8, 4) is 0 Å². The number of hydrogen-bond donors (Lipinski definition) is 1. The summed E-state index contributed by atoms with van der Waals surface area (Å²) in [6.07, 6.45) is 1.12. The summed E-state index contributed by atoms with van der Waals surface area (Å²) in [4.78, 5) is 2.44. The molecule has 2 aliphatic heterocycles. The third kappa shape index (κ3) is 3.85. The maximum Gasteiger partial charge on any atom is 0.243 e. The van der Waals surface area contributed by atoms with Crippen molar-refractivity contribution in [2.75, 3.05) is 39.3 Å². The Morgan fingerprint density at radius 2 is 1.91 bits per heavy atom. The number of nitrogens with one attached hydrogen (secondary N) is 1. The van der Waals surface area contributed by atoms with E-state index in [-0.39, 0.29) is 17.3 Å². The van der Waals surface area contributed by atoms with E-state index in [1.165, 1.54) is 16.4 Å². The van der Waals surface area contributed by atoms with Gasteiger partial charge in [0.1, 0.15) is 5.82 Å². The number of nitrogens with zero attached hydrogens (tertiary/aromatic N) is 2. The lowest BCUT2D eigenvalue weighted by molar-refractivity contribution is 0.145. The quantitative estimate of drug-likeness (QED) is 0.877. The number of aryl methyl sites for hydroxylation is 1. The lowest BCUT2D eigenvalue weighted by Gasteiger charge is -2.37. The van der Waals surface area contributed by atoms with E-state index in [1.54, 1.807) is 6.92 Å². The van der Waals surface area contributed by atoms with Gasteiger partial charge in [0.15, 0.2) is 0 Å². The molecule has 0 spiro atoms. The van der Waals surface area contributed by atoms with Gasteiger partial charge in [0.05, 0.1) is 4.90 Å². The first-order chi connectivity index (χ1) is 10.5. The average Bonchev–Trinajstić information content (AvgIpc) is 3.04. The lowest BCUT2D eigenvalue weighted by Crippen LogP contribution is -2.52. The summed E-state index contributed by atoms with van der Waals surface area (Å²) in [6, 6.07) is 4.45. The SMILES string of the molecule is Cc1ccc(F)cc1S(=O)(=O)N1CCN(C2CCNC2)CC1.Cl. The molecule has 3 rings (SSSR count). The maximum atomic E-state index is 13.4. The zero-order valence-corrected chi connectivity index (χ0v) is 14.8. The smallest absolute Gasteiger partial charge is 0.243 e. The Morgan fingerprint density at radius 3 is 2.52 bits per heavy atom. The molecule has 0 aromatic heterocycles. The molecular formula is C15H23ClFN3O2S. The van der Waals surface area contributed by atoms with E-state index in [2.05, 4.69) is 10.2 Å². The van der Waals surface area contributed by atoms with Crippen LogP contribution in [0.25, 0.3) is 0 Å². The molecular weight excluding hydrogens is 341 g/mol. The third-order valence-corrected chi connectivity index (χ3v) is 6.63. The second-order valence-corrected chi connectivity index (χ2v) is 7.90. The van der Waals surface area contributed by atoms with Gasteiger partial charge in [-0.05, 0) is 37.6 Å². The molecule has 2 fully saturated rings. The molecule has 0 amide bonds. The van der Waals surface area contributed by atoms with E-state index in [1.807, 2.05) is 0 Å². The molecule has 1 atom stereocenters. The molecule has 130 valence electrons. The molecule has 0 saturated carbocycles. The molecule has 0 radical (unpaired) electrons. The van der Waals surface area contributed by atoms with Crippen LogP contribution in [0.3, 0.4) is 0 Å². The van der Waals surface area contributed by atoms with Crippen LogP contribution in [0.4, 0.5) is 4.39 Å². The number of rotatable bonds is 3. The van der Waals surface area contributed by atoms with Gasteiger partial charge >= 0.3 is 0 Å². The topological polar surface area (TPSA) is 52.7 Å². The van der Waals surface area contributed by atoms with E-state index < -0.39 is 15.8 Å². The molecule has 0 aliphatic carbocycles. The van der Waals surface area contributed by atoms with Crippen LogP contribution >= 0.6 is 12.4 Å². The minimum absolute atomic E-state index is 0. The van der Waals surface area contributed by atoms with E-state index >= 15 is 0 Å². The molecule has 1 unspecified atom stereocenters. The van der Waals surface area contributed by atoms with Crippen molar-refractivity contribution in [3.05, 3.63) is 29.6 Å². The van der Waals surface area contributed by atoms with Crippen molar-refractivity contribution < 1.29 is 12.8 Å². The van der Waals surface area contributed by atoms with Crippen molar-refractivity contribution in [2.45, 2.75) is 24.3 Å². The van der Waals surface area contributed by atoms with Crippen LogP contribution < -0.4 is 5.32 Å². The van der Waals surface area contributed by atoms with Crippen LogP contribution in [0, 0.1) is 12.7 Å². The van der Waals surface area contributed by atoms with Crippen LogP contribution in [0.2, 0.25) is 0 Å². The summed E-state index contributed by atoms with van der Waals surface area (Å²) in [7, 11) is -3.61. The summed E-state index contributed by atoms with van der Waals surface area (Å²) in [5.74, 6) is -0.514. The predicted octanol–water partition coefficient (Wildman–Crippen LogP) is 1.22. The van der Waals surface area contributed by atoms with E-state index in [9.17, 15) is 12.8 Å². The molecule has 2 saturated heterocycles. The standard InChI is InChI=1S/C15H22FN3O2S.ClH/c1-12-2-3-13(16)10-15(12)22(20,21)19-8-6-18(7-9-19)14-4-5-17-11-14;/h2-3,10,14,17H,4-9,11H2,1H3;1H. The van der Waals surface area contributed by atoms with Gasteiger partial charge in [-0.3, -0.25) is 4.90 Å². The van der Waals surface area contributed by atoms with Crippen LogP contribution in [0.15, 0.2) is 23.1 Å². The third-order valence-electron chi connectivity index (χ3n) is 4.59. The molecule has 2 aliphatic rings. The van der Waals surface area contributed by atoms with Gasteiger partial charge in [-0.15, -0.1) is 12.4 Å². The number of sulfonamides is 1. The summed E-state index contributed by atoms with van der Waals surface area (Å²) >= 11 is 0. The Hall–Kier alpha value is -0.730. The molecule has 1 aromatic rings. The fourth-order valence-electron chi connectivity index (χ4n) is 3.25. The molecule has 0 bridgehead atoms. The van der Waals surface area contributed by atoms with Gasteiger partial charge in [-0.1, -0.05) is 6.07 Å². The van der Waals surface area contributed by atoms with Crippen molar-refractivity contribution in [1.29, 1.82) is 0 Å². The number of halogens is 2. The highest BCUT2D eigenvalue weighted by molar-refractivity contribution is 7.89. The fraction of sp³-hybridized carbons (Fsp3) is 0.600. The summed E-state index contributed by atoms with van der Waals surface area (Å²) in [5, 5.41) is 3.34. The van der Waals surface area contributed by atoms with E-state index in [0.29, 0.717) is 24.7 Å². The van der Waals surface area contributed by atoms with Gasteiger partial charge < -0.3 is 5.32 Å². The Labute approximate surface area is 143 Å². The first kappa shape index (κ1) is 18.6. The molecule has 1 N–H and O–H groups in total.